The zero-order chi connectivity index (χ0) is 19.1. The van der Waals surface area contributed by atoms with Gasteiger partial charge in [-0.3, -0.25) is 9.59 Å². The second-order valence-electron chi connectivity index (χ2n) is 6.03. The number of carbonyl (C=O) groups excluding carboxylic acids is 2. The molecule has 2 aromatic rings. The van der Waals surface area contributed by atoms with Crippen molar-refractivity contribution in [2.75, 3.05) is 19.1 Å². The Bertz CT molecular complexity index is 957. The van der Waals surface area contributed by atoms with E-state index in [0.29, 0.717) is 33.5 Å². The summed E-state index contributed by atoms with van der Waals surface area (Å²) in [4.78, 5) is 32.2. The van der Waals surface area contributed by atoms with Crippen LogP contribution in [0.4, 0.5) is 5.69 Å². The molecule has 2 aliphatic rings. The molecule has 8 heteroatoms. The summed E-state index contributed by atoms with van der Waals surface area (Å²) in [6, 6.07) is 11.6. The number of benzene rings is 2. The summed E-state index contributed by atoms with van der Waals surface area (Å²) in [5.41, 5.74) is 1.37. The fourth-order valence-electron chi connectivity index (χ4n) is 3.26. The van der Waals surface area contributed by atoms with Crippen LogP contribution in [0.25, 0.3) is 0 Å². The van der Waals surface area contributed by atoms with E-state index >= 15 is 0 Å². The maximum absolute atomic E-state index is 13.0. The number of amides is 2. The van der Waals surface area contributed by atoms with Gasteiger partial charge in [-0.15, -0.1) is 0 Å². The lowest BCUT2D eigenvalue weighted by Crippen LogP contribution is -2.33. The Morgan fingerprint density at radius 2 is 1.78 bits per heavy atom. The van der Waals surface area contributed by atoms with Gasteiger partial charge in [-0.25, -0.2) is 4.90 Å². The molecule has 1 saturated heterocycles. The van der Waals surface area contributed by atoms with Gasteiger partial charge >= 0.3 is 0 Å². The number of fused-ring (bicyclic) bond motifs is 1. The van der Waals surface area contributed by atoms with E-state index in [1.54, 1.807) is 49.6 Å². The Kier molecular flexibility index (Phi) is 4.24. The highest BCUT2D eigenvalue weighted by Crippen LogP contribution is 2.38. The van der Waals surface area contributed by atoms with Crippen molar-refractivity contribution in [1.29, 1.82) is 0 Å². The normalized spacial score (nSPS) is 21.0. The first-order valence-electron chi connectivity index (χ1n) is 8.14. The van der Waals surface area contributed by atoms with Crippen molar-refractivity contribution in [3.8, 4) is 11.5 Å². The van der Waals surface area contributed by atoms with Crippen LogP contribution < -0.4 is 14.4 Å². The predicted octanol–water partition coefficient (Wildman–Crippen LogP) is 2.65. The molecule has 2 atom stereocenters. The van der Waals surface area contributed by atoms with E-state index in [9.17, 15) is 9.59 Å². The van der Waals surface area contributed by atoms with Gasteiger partial charge in [0, 0.05) is 16.7 Å². The van der Waals surface area contributed by atoms with Gasteiger partial charge in [0.25, 0.3) is 5.91 Å². The first kappa shape index (κ1) is 17.4. The third kappa shape index (κ3) is 2.71. The Labute approximate surface area is 160 Å². The third-order valence-corrected chi connectivity index (χ3v) is 4.83. The topological polar surface area (TPSA) is 77.4 Å². The van der Waals surface area contributed by atoms with E-state index < -0.39 is 23.8 Å². The largest absolute Gasteiger partial charge is 0.497 e. The molecule has 2 aromatic carbocycles. The number of imide groups is 1. The monoisotopic (exact) mass is 386 g/mol. The predicted molar refractivity (Wildman–Crippen MR) is 98.4 cm³/mol. The van der Waals surface area contributed by atoms with Gasteiger partial charge in [-0.1, -0.05) is 16.8 Å². The highest BCUT2D eigenvalue weighted by atomic mass is 35.5. The van der Waals surface area contributed by atoms with Crippen LogP contribution in [0.2, 0.25) is 5.02 Å². The van der Waals surface area contributed by atoms with Crippen molar-refractivity contribution in [3.05, 3.63) is 53.1 Å². The van der Waals surface area contributed by atoms with Crippen LogP contribution in [-0.2, 0) is 14.4 Å². The second kappa shape index (κ2) is 6.59. The van der Waals surface area contributed by atoms with E-state index in [1.165, 1.54) is 7.11 Å². The molecule has 0 unspecified atom stereocenters. The van der Waals surface area contributed by atoms with Crippen LogP contribution >= 0.6 is 11.6 Å². The van der Waals surface area contributed by atoms with Crippen molar-refractivity contribution in [2.24, 2.45) is 11.1 Å². The molecule has 0 radical (unpaired) electrons. The van der Waals surface area contributed by atoms with Crippen LogP contribution in [0, 0.1) is 5.92 Å². The number of methoxy groups -OCH3 is 2. The number of anilines is 1. The fraction of sp³-hybridized carbons (Fsp3) is 0.211. The Hall–Kier alpha value is -3.06. The summed E-state index contributed by atoms with van der Waals surface area (Å²) < 4.78 is 10.6. The molecule has 27 heavy (non-hydrogen) atoms. The minimum atomic E-state index is -0.991. The number of nitrogens with zero attached hydrogens (tertiary/aromatic N) is 2. The third-order valence-electron chi connectivity index (χ3n) is 4.58. The molecule has 0 aliphatic carbocycles. The highest BCUT2D eigenvalue weighted by Gasteiger charge is 2.56. The van der Waals surface area contributed by atoms with Crippen molar-refractivity contribution in [3.63, 3.8) is 0 Å². The fourth-order valence-corrected chi connectivity index (χ4v) is 3.38. The summed E-state index contributed by atoms with van der Waals surface area (Å²) in [6.45, 7) is 0. The minimum absolute atomic E-state index is 0.356. The molecule has 0 aromatic heterocycles. The molecule has 2 amide bonds. The van der Waals surface area contributed by atoms with Crippen molar-refractivity contribution >= 4 is 34.8 Å². The summed E-state index contributed by atoms with van der Waals surface area (Å²) in [5, 5.41) is 4.52. The average Bonchev–Trinajstić information content (AvgIpc) is 3.22. The Morgan fingerprint density at radius 3 is 2.44 bits per heavy atom. The summed E-state index contributed by atoms with van der Waals surface area (Å²) in [5.74, 6) is -0.624. The molecular weight excluding hydrogens is 372 g/mol. The van der Waals surface area contributed by atoms with Crippen molar-refractivity contribution < 1.29 is 23.9 Å². The lowest BCUT2D eigenvalue weighted by molar-refractivity contribution is -0.126. The zero-order valence-corrected chi connectivity index (χ0v) is 15.3. The van der Waals surface area contributed by atoms with Crippen LogP contribution in [0.5, 0.6) is 11.5 Å². The molecule has 0 saturated carbocycles. The molecule has 4 rings (SSSR count). The molecule has 138 valence electrons. The van der Waals surface area contributed by atoms with Gasteiger partial charge in [0.05, 0.1) is 19.9 Å². The number of hydrogen-bond acceptors (Lipinski definition) is 6. The van der Waals surface area contributed by atoms with E-state index in [1.807, 2.05) is 0 Å². The first-order chi connectivity index (χ1) is 13.0. The number of ether oxygens (including phenoxy) is 2. The van der Waals surface area contributed by atoms with E-state index in [0.717, 1.165) is 4.90 Å². The van der Waals surface area contributed by atoms with Crippen LogP contribution in [0.3, 0.4) is 0 Å². The first-order valence-corrected chi connectivity index (χ1v) is 8.52. The SMILES string of the molecule is COc1ccc(C2=NO[C@H]3C(=O)N(c4ccc(Cl)cc4)C(=O)[C@@H]23)c(OC)c1. The van der Waals surface area contributed by atoms with Gasteiger partial charge in [0.2, 0.25) is 12.0 Å². The second-order valence-corrected chi connectivity index (χ2v) is 6.47. The Morgan fingerprint density at radius 1 is 1.04 bits per heavy atom. The molecule has 1 fully saturated rings. The minimum Gasteiger partial charge on any atom is -0.497 e. The van der Waals surface area contributed by atoms with E-state index in [2.05, 4.69) is 5.16 Å². The van der Waals surface area contributed by atoms with Gasteiger partial charge in [0.1, 0.15) is 23.1 Å². The lowest BCUT2D eigenvalue weighted by atomic mass is 9.93. The van der Waals surface area contributed by atoms with E-state index in [-0.39, 0.29) is 0 Å². The quantitative estimate of drug-likeness (QED) is 0.755. The van der Waals surface area contributed by atoms with Crippen molar-refractivity contribution in [2.45, 2.75) is 6.10 Å². The van der Waals surface area contributed by atoms with Crippen LogP contribution in [0.1, 0.15) is 5.56 Å². The maximum Gasteiger partial charge on any atom is 0.278 e. The number of hydrogen-bond donors (Lipinski definition) is 0. The maximum atomic E-state index is 13.0. The molecule has 2 aliphatic heterocycles. The smallest absolute Gasteiger partial charge is 0.278 e. The molecule has 0 spiro atoms. The highest BCUT2D eigenvalue weighted by molar-refractivity contribution is 6.33. The van der Waals surface area contributed by atoms with Gasteiger partial charge in [0.15, 0.2) is 0 Å². The average molecular weight is 387 g/mol. The number of carbonyl (C=O) groups is 2. The van der Waals surface area contributed by atoms with Crippen LogP contribution in [0.15, 0.2) is 47.6 Å². The molecule has 0 N–H and O–H groups in total. The Balaban J connectivity index is 1.71. The number of rotatable bonds is 4. The van der Waals surface area contributed by atoms with Crippen molar-refractivity contribution in [1.82, 2.24) is 0 Å². The van der Waals surface area contributed by atoms with E-state index in [4.69, 9.17) is 25.9 Å². The molecule has 2 heterocycles. The summed E-state index contributed by atoms with van der Waals surface area (Å²) in [7, 11) is 3.05. The lowest BCUT2D eigenvalue weighted by Gasteiger charge is -2.16. The summed E-state index contributed by atoms with van der Waals surface area (Å²) >= 11 is 5.89. The number of oxime groups is 1. The van der Waals surface area contributed by atoms with Gasteiger partial charge in [-0.2, -0.15) is 0 Å². The standard InChI is InChI=1S/C19H15ClN2O5/c1-25-12-7-8-13(14(9-12)26-2)16-15-17(27-21-16)19(24)22(18(15)23)11-5-3-10(20)4-6-11/h3-9,15,17H,1-2H3/t15-,17+/m0/s1. The zero-order valence-electron chi connectivity index (χ0n) is 14.5. The van der Waals surface area contributed by atoms with Crippen LogP contribution in [-0.4, -0.2) is 37.8 Å². The summed E-state index contributed by atoms with van der Waals surface area (Å²) in [6.07, 6.45) is -0.991. The molecule has 7 nitrogen and oxygen atoms in total. The van der Waals surface area contributed by atoms with Gasteiger partial charge < -0.3 is 14.3 Å². The molecule has 0 bridgehead atoms. The number of halogens is 1. The molecular formula is C19H15ClN2O5. The van der Waals surface area contributed by atoms with Gasteiger partial charge in [-0.05, 0) is 36.4 Å².